The molecule has 84 valence electrons. The van der Waals surface area contributed by atoms with Gasteiger partial charge in [-0.25, -0.2) is 0 Å². The monoisotopic (exact) mass is 361 g/mol. The van der Waals surface area contributed by atoms with E-state index in [4.69, 9.17) is 5.73 Å². The number of anilines is 2. The van der Waals surface area contributed by atoms with Crippen molar-refractivity contribution < 1.29 is 0 Å². The molecular weight excluding hydrogens is 354 g/mol. The minimum absolute atomic E-state index is 0.644. The third-order valence-corrected chi connectivity index (χ3v) is 4.22. The van der Waals surface area contributed by atoms with Crippen molar-refractivity contribution >= 4 is 54.6 Å². The molecule has 0 saturated heterocycles. The lowest BCUT2D eigenvalue weighted by Gasteiger charge is -2.09. The van der Waals surface area contributed by atoms with Crippen LogP contribution in [0.3, 0.4) is 0 Å². The van der Waals surface area contributed by atoms with Crippen molar-refractivity contribution in [3.8, 4) is 0 Å². The summed E-state index contributed by atoms with van der Waals surface area (Å²) in [4.78, 5) is 5.23. The fourth-order valence-corrected chi connectivity index (χ4v) is 3.17. The summed E-state index contributed by atoms with van der Waals surface area (Å²) in [6.45, 7) is 0.753. The van der Waals surface area contributed by atoms with Crippen LogP contribution in [0.15, 0.2) is 32.8 Å². The summed E-state index contributed by atoms with van der Waals surface area (Å²) in [5.41, 5.74) is 7.36. The lowest BCUT2D eigenvalue weighted by molar-refractivity contribution is 1.18. The van der Waals surface area contributed by atoms with Gasteiger partial charge in [0, 0.05) is 17.6 Å². The fraction of sp³-hybridized carbons (Fsp3) is 0.100. The second kappa shape index (κ2) is 5.16. The van der Waals surface area contributed by atoms with Crippen LogP contribution in [0.2, 0.25) is 0 Å². The Labute approximate surface area is 114 Å². The average molecular weight is 363 g/mol. The Morgan fingerprint density at radius 1 is 1.31 bits per heavy atom. The highest BCUT2D eigenvalue weighted by atomic mass is 79.9. The first-order valence-corrected chi connectivity index (χ1v) is 6.94. The maximum absolute atomic E-state index is 5.83. The second-order valence-corrected chi connectivity index (χ2v) is 6.55. The number of nitrogens with zero attached hydrogens (tertiary/aromatic N) is 1. The Bertz CT molecular complexity index is 478. The van der Waals surface area contributed by atoms with E-state index in [1.165, 1.54) is 4.88 Å². The summed E-state index contributed by atoms with van der Waals surface area (Å²) in [5.74, 6) is 0. The van der Waals surface area contributed by atoms with Crippen molar-refractivity contribution in [2.75, 3.05) is 11.1 Å². The number of aromatic nitrogens is 1. The zero-order valence-corrected chi connectivity index (χ0v) is 12.2. The number of thiophene rings is 1. The minimum atomic E-state index is 0.644. The van der Waals surface area contributed by atoms with E-state index in [-0.39, 0.29) is 0 Å². The predicted octanol–water partition coefficient (Wildman–Crippen LogP) is 3.86. The maximum Gasteiger partial charge on any atom is 0.0752 e. The Morgan fingerprint density at radius 2 is 2.12 bits per heavy atom. The van der Waals surface area contributed by atoms with Crippen molar-refractivity contribution in [2.24, 2.45) is 0 Å². The summed E-state index contributed by atoms with van der Waals surface area (Å²) in [7, 11) is 0. The van der Waals surface area contributed by atoms with Gasteiger partial charge in [-0.3, -0.25) is 4.98 Å². The SMILES string of the molecule is Nc1cncc(Br)c1NCc1ccc(Br)s1. The summed E-state index contributed by atoms with van der Waals surface area (Å²) < 4.78 is 2.01. The molecule has 0 spiro atoms. The number of nitrogen functional groups attached to an aromatic ring is 1. The highest BCUT2D eigenvalue weighted by Gasteiger charge is 2.05. The Kier molecular flexibility index (Phi) is 3.83. The highest BCUT2D eigenvalue weighted by Crippen LogP contribution is 2.29. The van der Waals surface area contributed by atoms with E-state index in [2.05, 4.69) is 48.2 Å². The number of hydrogen-bond acceptors (Lipinski definition) is 4. The molecule has 0 saturated carbocycles. The topological polar surface area (TPSA) is 50.9 Å². The minimum Gasteiger partial charge on any atom is -0.396 e. The van der Waals surface area contributed by atoms with Crippen LogP contribution in [-0.2, 0) is 6.54 Å². The van der Waals surface area contributed by atoms with E-state index in [9.17, 15) is 0 Å². The molecule has 2 aromatic heterocycles. The van der Waals surface area contributed by atoms with E-state index in [1.54, 1.807) is 23.7 Å². The van der Waals surface area contributed by atoms with Crippen LogP contribution < -0.4 is 11.1 Å². The molecule has 0 bridgehead atoms. The van der Waals surface area contributed by atoms with Crippen molar-refractivity contribution in [2.45, 2.75) is 6.54 Å². The normalized spacial score (nSPS) is 10.4. The Hall–Kier alpha value is -0.590. The van der Waals surface area contributed by atoms with Gasteiger partial charge in [-0.2, -0.15) is 0 Å². The smallest absolute Gasteiger partial charge is 0.0752 e. The third kappa shape index (κ3) is 2.75. The summed E-state index contributed by atoms with van der Waals surface area (Å²) in [5, 5.41) is 3.29. The molecule has 3 nitrogen and oxygen atoms in total. The molecule has 2 aromatic rings. The van der Waals surface area contributed by atoms with Crippen molar-refractivity contribution in [3.63, 3.8) is 0 Å². The maximum atomic E-state index is 5.83. The van der Waals surface area contributed by atoms with E-state index in [1.807, 2.05) is 6.07 Å². The molecule has 0 unspecified atom stereocenters. The van der Waals surface area contributed by atoms with Crippen LogP contribution >= 0.6 is 43.2 Å². The van der Waals surface area contributed by atoms with Crippen LogP contribution in [0.1, 0.15) is 4.88 Å². The average Bonchev–Trinajstić information content (AvgIpc) is 2.63. The summed E-state index contributed by atoms with van der Waals surface area (Å²) >= 11 is 8.55. The molecule has 0 aliphatic carbocycles. The van der Waals surface area contributed by atoms with Crippen molar-refractivity contribution in [1.82, 2.24) is 4.98 Å². The molecule has 0 amide bonds. The number of pyridine rings is 1. The molecule has 3 N–H and O–H groups in total. The third-order valence-electron chi connectivity index (χ3n) is 2.00. The predicted molar refractivity (Wildman–Crippen MR) is 75.7 cm³/mol. The van der Waals surface area contributed by atoms with Gasteiger partial charge < -0.3 is 11.1 Å². The van der Waals surface area contributed by atoms with Crippen molar-refractivity contribution in [3.05, 3.63) is 37.7 Å². The summed E-state index contributed by atoms with van der Waals surface area (Å²) in [6, 6.07) is 4.11. The van der Waals surface area contributed by atoms with Crippen LogP contribution in [0.25, 0.3) is 0 Å². The van der Waals surface area contributed by atoms with Gasteiger partial charge in [0.1, 0.15) is 0 Å². The fourth-order valence-electron chi connectivity index (χ4n) is 1.26. The molecule has 0 aliphatic heterocycles. The molecule has 16 heavy (non-hydrogen) atoms. The molecule has 2 heterocycles. The van der Waals surface area contributed by atoms with Gasteiger partial charge in [0.25, 0.3) is 0 Å². The summed E-state index contributed by atoms with van der Waals surface area (Å²) in [6.07, 6.45) is 3.36. The first kappa shape index (κ1) is 11.9. The lowest BCUT2D eigenvalue weighted by atomic mass is 10.3. The van der Waals surface area contributed by atoms with Gasteiger partial charge in [-0.15, -0.1) is 11.3 Å². The standard InChI is InChI=1S/C10H9Br2N3S/c11-7-4-14-5-8(13)10(7)15-3-6-1-2-9(12)16-6/h1-2,4-5H,3,13H2,(H,14,15). The molecule has 0 aliphatic rings. The van der Waals surface area contributed by atoms with Crippen molar-refractivity contribution in [1.29, 1.82) is 0 Å². The van der Waals surface area contributed by atoms with Gasteiger partial charge in [-0.05, 0) is 44.0 Å². The van der Waals surface area contributed by atoms with Crippen LogP contribution in [-0.4, -0.2) is 4.98 Å². The van der Waals surface area contributed by atoms with Crippen LogP contribution in [0.4, 0.5) is 11.4 Å². The number of halogens is 2. The molecule has 6 heteroatoms. The molecule has 0 atom stereocenters. The lowest BCUT2D eigenvalue weighted by Crippen LogP contribution is -2.02. The second-order valence-electron chi connectivity index (χ2n) is 3.14. The van der Waals surface area contributed by atoms with Gasteiger partial charge in [0.2, 0.25) is 0 Å². The van der Waals surface area contributed by atoms with E-state index < -0.39 is 0 Å². The van der Waals surface area contributed by atoms with E-state index in [0.29, 0.717) is 5.69 Å². The quantitative estimate of drug-likeness (QED) is 0.871. The van der Waals surface area contributed by atoms with Crippen LogP contribution in [0.5, 0.6) is 0 Å². The first-order valence-electron chi connectivity index (χ1n) is 4.54. The van der Waals surface area contributed by atoms with Gasteiger partial charge >= 0.3 is 0 Å². The zero-order chi connectivity index (χ0) is 11.5. The molecule has 0 fully saturated rings. The van der Waals surface area contributed by atoms with Gasteiger partial charge in [-0.1, -0.05) is 0 Å². The van der Waals surface area contributed by atoms with Gasteiger partial charge in [0.05, 0.1) is 25.8 Å². The molecule has 0 radical (unpaired) electrons. The zero-order valence-electron chi connectivity index (χ0n) is 8.21. The van der Waals surface area contributed by atoms with E-state index >= 15 is 0 Å². The van der Waals surface area contributed by atoms with Crippen LogP contribution in [0, 0.1) is 0 Å². The Morgan fingerprint density at radius 3 is 2.75 bits per heavy atom. The number of hydrogen-bond donors (Lipinski definition) is 2. The van der Waals surface area contributed by atoms with E-state index in [0.717, 1.165) is 20.5 Å². The number of rotatable bonds is 3. The highest BCUT2D eigenvalue weighted by molar-refractivity contribution is 9.11. The Balaban J connectivity index is 2.10. The molecule has 2 rings (SSSR count). The molecular formula is C10H9Br2N3S. The number of nitrogens with two attached hydrogens (primary N) is 1. The largest absolute Gasteiger partial charge is 0.396 e. The number of nitrogens with one attached hydrogen (secondary N) is 1. The van der Waals surface area contributed by atoms with Gasteiger partial charge in [0.15, 0.2) is 0 Å². The molecule has 0 aromatic carbocycles. The first-order chi connectivity index (χ1) is 7.66.